The molecule has 7 nitrogen and oxygen atoms in total. The highest BCUT2D eigenvalue weighted by Crippen LogP contribution is 2.43. The second-order valence-corrected chi connectivity index (χ2v) is 8.75. The fourth-order valence-electron chi connectivity index (χ4n) is 4.12. The molecule has 36 heavy (non-hydrogen) atoms. The van der Waals surface area contributed by atoms with Crippen LogP contribution in [-0.2, 0) is 0 Å². The number of hydrogen-bond donors (Lipinski definition) is 3. The molecule has 1 atom stereocenters. The molecule has 4 aromatic rings. The molecule has 2 aromatic heterocycles. The maximum atomic E-state index is 15.7. The lowest BCUT2D eigenvalue weighted by Crippen LogP contribution is -2.41. The van der Waals surface area contributed by atoms with E-state index in [0.717, 1.165) is 37.1 Å². The summed E-state index contributed by atoms with van der Waals surface area (Å²) in [5.41, 5.74) is 6.37. The average molecular weight is 499 g/mol. The van der Waals surface area contributed by atoms with Crippen LogP contribution < -0.4 is 11.1 Å². The number of aliphatic hydroxyl groups is 1. The molecular formula is C25H21F4N5O2. The number of carbonyl (C=O) groups is 1. The molecule has 5 rings (SSSR count). The number of aliphatic hydroxyl groups excluding tert-OH is 1. The number of amides is 1. The number of nitrogens with two attached hydrogens (primary N) is 1. The molecule has 0 aliphatic heterocycles. The quantitative estimate of drug-likeness (QED) is 0.330. The Hall–Kier alpha value is -3.99. The number of alkyl halides is 2. The minimum atomic E-state index is -3.79. The van der Waals surface area contributed by atoms with Crippen molar-refractivity contribution in [3.63, 3.8) is 0 Å². The second-order valence-electron chi connectivity index (χ2n) is 8.75. The van der Waals surface area contributed by atoms with Crippen LogP contribution >= 0.6 is 0 Å². The number of hydrogen-bond acceptors (Lipinski definition) is 5. The number of aromatic nitrogens is 3. The van der Waals surface area contributed by atoms with Crippen LogP contribution in [0.3, 0.4) is 0 Å². The number of carbonyl (C=O) groups excluding carboxylic acids is 1. The number of rotatable bonds is 7. The number of nitrogens with one attached hydrogen (secondary N) is 1. The molecule has 1 fully saturated rings. The van der Waals surface area contributed by atoms with Crippen molar-refractivity contribution >= 4 is 17.5 Å². The number of nitrogen functional groups attached to an aromatic ring is 1. The van der Waals surface area contributed by atoms with Gasteiger partial charge in [-0.15, -0.1) is 5.10 Å². The predicted octanol–water partition coefficient (Wildman–Crippen LogP) is 4.23. The smallest absolute Gasteiger partial charge is 0.294 e. The molecule has 1 unspecified atom stereocenters. The zero-order chi connectivity index (χ0) is 25.6. The van der Waals surface area contributed by atoms with Gasteiger partial charge >= 0.3 is 0 Å². The summed E-state index contributed by atoms with van der Waals surface area (Å²) >= 11 is 0. The van der Waals surface area contributed by atoms with Gasteiger partial charge in [0.15, 0.2) is 5.65 Å². The third-order valence-electron chi connectivity index (χ3n) is 6.15. The lowest BCUT2D eigenvalue weighted by atomic mass is 9.95. The number of halogens is 4. The van der Waals surface area contributed by atoms with Crippen LogP contribution in [0.4, 0.5) is 23.5 Å². The highest BCUT2D eigenvalue weighted by atomic mass is 19.3. The van der Waals surface area contributed by atoms with Gasteiger partial charge in [-0.3, -0.25) is 4.79 Å². The van der Waals surface area contributed by atoms with E-state index in [0.29, 0.717) is 16.8 Å². The first-order valence-electron chi connectivity index (χ1n) is 11.2. The fraction of sp³-hybridized carbons (Fsp3) is 0.240. The largest absolute Gasteiger partial charge is 0.382 e. The first-order valence-corrected chi connectivity index (χ1v) is 11.2. The van der Waals surface area contributed by atoms with Gasteiger partial charge in [0.2, 0.25) is 5.95 Å². The van der Waals surface area contributed by atoms with E-state index < -0.39 is 36.1 Å². The van der Waals surface area contributed by atoms with Crippen LogP contribution in [0.2, 0.25) is 0 Å². The Labute approximate surface area is 202 Å². The maximum absolute atomic E-state index is 15.7. The Balaban J connectivity index is 1.43. The van der Waals surface area contributed by atoms with E-state index in [9.17, 15) is 23.1 Å². The Kier molecular flexibility index (Phi) is 5.87. The Morgan fingerprint density at radius 3 is 2.58 bits per heavy atom. The van der Waals surface area contributed by atoms with E-state index in [1.165, 1.54) is 10.6 Å². The number of nitrogens with zero attached hydrogens (tertiary/aromatic N) is 3. The van der Waals surface area contributed by atoms with Crippen molar-refractivity contribution in [2.24, 2.45) is 0 Å². The average Bonchev–Trinajstić information content (AvgIpc) is 3.62. The lowest BCUT2D eigenvalue weighted by Gasteiger charge is -2.23. The number of fused-ring (bicyclic) bond motifs is 1. The first kappa shape index (κ1) is 23.7. The van der Waals surface area contributed by atoms with Crippen molar-refractivity contribution in [1.29, 1.82) is 0 Å². The molecule has 1 aliphatic rings. The molecule has 2 aromatic carbocycles. The topological polar surface area (TPSA) is 106 Å². The summed E-state index contributed by atoms with van der Waals surface area (Å²) in [6.45, 7) is -1.25. The summed E-state index contributed by atoms with van der Waals surface area (Å²) in [5, 5.41) is 16.1. The SMILES string of the molecule is Nc1nc2cc(-c3ccc(C4CC4)c(C(=O)NCC(F)(F)C(O)c4ccc(F)cc4)c3F)ccn2n1. The molecule has 1 amide bonds. The van der Waals surface area contributed by atoms with Crippen LogP contribution in [-0.4, -0.2) is 38.1 Å². The van der Waals surface area contributed by atoms with Crippen molar-refractivity contribution in [2.45, 2.75) is 30.8 Å². The highest BCUT2D eigenvalue weighted by molar-refractivity contribution is 5.98. The molecule has 11 heteroatoms. The Morgan fingerprint density at radius 1 is 1.17 bits per heavy atom. The summed E-state index contributed by atoms with van der Waals surface area (Å²) < 4.78 is 59.6. The van der Waals surface area contributed by atoms with Gasteiger partial charge in [0.25, 0.3) is 11.8 Å². The van der Waals surface area contributed by atoms with Crippen molar-refractivity contribution in [2.75, 3.05) is 12.3 Å². The third kappa shape index (κ3) is 4.49. The first-order chi connectivity index (χ1) is 17.1. The summed E-state index contributed by atoms with van der Waals surface area (Å²) in [5.74, 6) is -6.30. The summed E-state index contributed by atoms with van der Waals surface area (Å²) in [6, 6.07) is 10.2. The summed E-state index contributed by atoms with van der Waals surface area (Å²) in [7, 11) is 0. The minimum absolute atomic E-state index is 0.0422. The molecule has 1 saturated carbocycles. The van der Waals surface area contributed by atoms with Gasteiger partial charge in [-0.2, -0.15) is 4.98 Å². The van der Waals surface area contributed by atoms with Gasteiger partial charge in [-0.25, -0.2) is 22.1 Å². The van der Waals surface area contributed by atoms with Crippen LogP contribution in [0.5, 0.6) is 0 Å². The van der Waals surface area contributed by atoms with E-state index in [1.807, 2.05) is 0 Å². The van der Waals surface area contributed by atoms with Crippen LogP contribution in [0.1, 0.15) is 46.3 Å². The van der Waals surface area contributed by atoms with Gasteiger partial charge in [-0.1, -0.05) is 24.3 Å². The monoisotopic (exact) mass is 499 g/mol. The maximum Gasteiger partial charge on any atom is 0.294 e. The van der Waals surface area contributed by atoms with Gasteiger partial charge in [0, 0.05) is 11.8 Å². The van der Waals surface area contributed by atoms with E-state index in [-0.39, 0.29) is 28.6 Å². The van der Waals surface area contributed by atoms with E-state index >= 15 is 4.39 Å². The highest BCUT2D eigenvalue weighted by Gasteiger charge is 2.40. The number of anilines is 1. The Morgan fingerprint density at radius 2 is 1.89 bits per heavy atom. The molecule has 0 bridgehead atoms. The fourth-order valence-corrected chi connectivity index (χ4v) is 4.12. The van der Waals surface area contributed by atoms with Crippen molar-refractivity contribution in [3.8, 4) is 11.1 Å². The van der Waals surface area contributed by atoms with E-state index in [4.69, 9.17) is 5.73 Å². The molecule has 0 spiro atoms. The number of pyridine rings is 1. The van der Waals surface area contributed by atoms with Gasteiger partial charge < -0.3 is 16.2 Å². The molecule has 1 aliphatic carbocycles. The Bertz CT molecular complexity index is 1450. The molecule has 2 heterocycles. The summed E-state index contributed by atoms with van der Waals surface area (Å²) in [6.07, 6.45) is 0.756. The minimum Gasteiger partial charge on any atom is -0.382 e. The van der Waals surface area contributed by atoms with Crippen molar-refractivity contribution in [3.05, 3.63) is 83.1 Å². The molecule has 4 N–H and O–H groups in total. The standard InChI is InChI=1S/C25H21F4N5O2/c26-16-5-3-14(4-6-16)22(35)25(28,29)12-31-23(36)20-17(13-1-2-13)7-8-18(21(20)27)15-9-10-34-19(11-15)32-24(30)33-34/h3-11,13,22,35H,1-2,12H2,(H2,30,33)(H,31,36). The van der Waals surface area contributed by atoms with Gasteiger partial charge in [0.1, 0.15) is 17.7 Å². The molecule has 186 valence electrons. The second kappa shape index (κ2) is 8.90. The van der Waals surface area contributed by atoms with Gasteiger partial charge in [0.05, 0.1) is 12.1 Å². The number of benzene rings is 2. The zero-order valence-corrected chi connectivity index (χ0v) is 18.8. The van der Waals surface area contributed by atoms with Gasteiger partial charge in [-0.05, 0) is 59.7 Å². The van der Waals surface area contributed by atoms with Crippen molar-refractivity contribution in [1.82, 2.24) is 19.9 Å². The van der Waals surface area contributed by atoms with Crippen LogP contribution in [0.15, 0.2) is 54.7 Å². The van der Waals surface area contributed by atoms with E-state index in [1.54, 1.807) is 24.4 Å². The van der Waals surface area contributed by atoms with Crippen molar-refractivity contribution < 1.29 is 27.5 Å². The predicted molar refractivity (Wildman–Crippen MR) is 123 cm³/mol. The van der Waals surface area contributed by atoms with Crippen LogP contribution in [0.25, 0.3) is 16.8 Å². The third-order valence-corrected chi connectivity index (χ3v) is 6.15. The molecular weight excluding hydrogens is 478 g/mol. The normalized spacial score (nSPS) is 14.7. The lowest BCUT2D eigenvalue weighted by molar-refractivity contribution is -0.106. The molecule has 0 radical (unpaired) electrons. The van der Waals surface area contributed by atoms with Crippen LogP contribution in [0, 0.1) is 11.6 Å². The van der Waals surface area contributed by atoms with E-state index in [2.05, 4.69) is 15.4 Å². The summed E-state index contributed by atoms with van der Waals surface area (Å²) in [4.78, 5) is 17.1. The molecule has 0 saturated heterocycles. The zero-order valence-electron chi connectivity index (χ0n) is 18.8.